The van der Waals surface area contributed by atoms with Crippen LogP contribution in [-0.2, 0) is 9.84 Å². The molecule has 1 saturated carbocycles. The molecule has 1 amide bonds. The summed E-state index contributed by atoms with van der Waals surface area (Å²) in [4.78, 5) is 20.2. The van der Waals surface area contributed by atoms with Crippen molar-refractivity contribution < 1.29 is 17.9 Å². The smallest absolute Gasteiger partial charge is 0.248 e. The molecule has 3 aromatic heterocycles. The molecule has 4 N–H and O–H groups in total. The third-order valence-corrected chi connectivity index (χ3v) is 10.5. The number of aromatic nitrogens is 4. The Morgan fingerprint density at radius 2 is 1.85 bits per heavy atom. The first-order valence-electron chi connectivity index (χ1n) is 13.9. The standard InChI is InChI=1S/C29H34N6O4S/c30-27(36)20-7-9-23(10-8-20)39-29(21-2-1-12-31-14-21)40(37,38)17-18-3-5-19(6-4-18)26-25-22(16-34-35-26)15-33-28-24(25)11-13-32-28/h7-11,13,15-16,18-19,21,29,31,35H,1-6,12,14,17H2,(H2,30,36). The van der Waals surface area contributed by atoms with Crippen LogP contribution in [0.3, 0.4) is 0 Å². The fourth-order valence-corrected chi connectivity index (χ4v) is 8.60. The van der Waals surface area contributed by atoms with Crippen LogP contribution in [0, 0.1) is 11.8 Å². The van der Waals surface area contributed by atoms with Gasteiger partial charge < -0.3 is 15.8 Å². The molecule has 1 aliphatic heterocycles. The third kappa shape index (κ3) is 5.40. The van der Waals surface area contributed by atoms with Gasteiger partial charge in [0.05, 0.1) is 11.9 Å². The summed E-state index contributed by atoms with van der Waals surface area (Å²) in [5.74, 6) is 0.164. The molecule has 11 heteroatoms. The zero-order valence-electron chi connectivity index (χ0n) is 22.3. The van der Waals surface area contributed by atoms with Crippen molar-refractivity contribution in [2.45, 2.75) is 49.9 Å². The summed E-state index contributed by atoms with van der Waals surface area (Å²) in [6, 6.07) is 8.36. The number of H-pyrrole nitrogens is 1. The molecule has 1 aromatic carbocycles. The molecule has 4 heterocycles. The number of carbonyl (C=O) groups is 1. The lowest BCUT2D eigenvalue weighted by Gasteiger charge is -2.33. The van der Waals surface area contributed by atoms with E-state index in [9.17, 15) is 13.2 Å². The van der Waals surface area contributed by atoms with E-state index in [4.69, 9.17) is 10.5 Å². The maximum absolute atomic E-state index is 13.9. The molecule has 10 nitrogen and oxygen atoms in total. The Labute approximate surface area is 233 Å². The molecular formula is C29H34N6O4S. The van der Waals surface area contributed by atoms with Gasteiger partial charge in [-0.1, -0.05) is 0 Å². The van der Waals surface area contributed by atoms with Crippen molar-refractivity contribution in [1.82, 2.24) is 25.5 Å². The molecule has 2 atom stereocenters. The molecule has 4 aromatic rings. The lowest BCUT2D eigenvalue weighted by molar-refractivity contribution is 0.1000. The normalized spacial score (nSPS) is 22.8. The van der Waals surface area contributed by atoms with Crippen LogP contribution in [0.5, 0.6) is 5.75 Å². The lowest BCUT2D eigenvalue weighted by Crippen LogP contribution is -2.45. The average molecular weight is 563 g/mol. The van der Waals surface area contributed by atoms with E-state index in [-0.39, 0.29) is 23.5 Å². The van der Waals surface area contributed by atoms with Gasteiger partial charge in [-0.15, -0.1) is 0 Å². The van der Waals surface area contributed by atoms with Crippen molar-refractivity contribution >= 4 is 37.6 Å². The predicted octanol–water partition coefficient (Wildman–Crippen LogP) is 3.70. The van der Waals surface area contributed by atoms with Gasteiger partial charge in [-0.3, -0.25) is 9.89 Å². The molecule has 1 aliphatic carbocycles. The van der Waals surface area contributed by atoms with Gasteiger partial charge in [-0.25, -0.2) is 18.4 Å². The van der Waals surface area contributed by atoms with E-state index in [0.717, 1.165) is 72.6 Å². The number of carbonyl (C=O) groups excluding carboxylic acids is 1. The summed E-state index contributed by atoms with van der Waals surface area (Å²) in [5.41, 5.74) is 6.56. The number of ether oxygens (including phenoxy) is 1. The number of fused-ring (bicyclic) bond motifs is 3. The molecule has 2 fully saturated rings. The molecule has 0 bridgehead atoms. The number of nitrogens with one attached hydrogen (secondary N) is 2. The van der Waals surface area contributed by atoms with E-state index in [2.05, 4.69) is 25.5 Å². The lowest BCUT2D eigenvalue weighted by atomic mass is 9.80. The topological polar surface area (TPSA) is 153 Å². The minimum Gasteiger partial charge on any atom is -0.474 e. The van der Waals surface area contributed by atoms with Crippen molar-refractivity contribution in [2.24, 2.45) is 17.6 Å². The van der Waals surface area contributed by atoms with E-state index in [0.29, 0.717) is 17.9 Å². The van der Waals surface area contributed by atoms with Crippen molar-refractivity contribution in [2.75, 3.05) is 18.8 Å². The molecule has 1 saturated heterocycles. The first-order valence-corrected chi connectivity index (χ1v) is 15.7. The number of aromatic amines is 1. The second kappa shape index (κ2) is 11.1. The Bertz CT molecular complexity index is 1610. The van der Waals surface area contributed by atoms with Gasteiger partial charge in [0.15, 0.2) is 15.5 Å². The van der Waals surface area contributed by atoms with Gasteiger partial charge in [0, 0.05) is 58.2 Å². The second-order valence-electron chi connectivity index (χ2n) is 11.1. The zero-order valence-corrected chi connectivity index (χ0v) is 23.1. The summed E-state index contributed by atoms with van der Waals surface area (Å²) < 4.78 is 33.9. The fourth-order valence-electron chi connectivity index (χ4n) is 6.34. The SMILES string of the molecule is NC(=O)c1ccc(OC(C2CCCNC2)S(=O)(=O)CC2CCC(c3[nH]ncc4cnc5nccc5c34)CC2)cc1. The summed E-state index contributed by atoms with van der Waals surface area (Å²) >= 11 is 0. The Kier molecular flexibility index (Phi) is 7.41. The number of benzene rings is 1. The first kappa shape index (κ1) is 26.6. The number of nitrogens with two attached hydrogens (primary N) is 1. The molecule has 6 rings (SSSR count). The highest BCUT2D eigenvalue weighted by Crippen LogP contribution is 2.40. The summed E-state index contributed by atoms with van der Waals surface area (Å²) in [7, 11) is -3.57. The van der Waals surface area contributed by atoms with Crippen LogP contribution in [0.25, 0.3) is 21.8 Å². The van der Waals surface area contributed by atoms with Gasteiger partial charge in [-0.2, -0.15) is 5.10 Å². The minimum absolute atomic E-state index is 0.0614. The summed E-state index contributed by atoms with van der Waals surface area (Å²) in [6.45, 7) is 1.48. The molecule has 2 unspecified atom stereocenters. The van der Waals surface area contributed by atoms with Gasteiger partial charge >= 0.3 is 0 Å². The van der Waals surface area contributed by atoms with E-state index < -0.39 is 21.2 Å². The average Bonchev–Trinajstić information content (AvgIpc) is 3.46. The molecular weight excluding hydrogens is 528 g/mol. The zero-order chi connectivity index (χ0) is 27.7. The number of sulfone groups is 1. The summed E-state index contributed by atoms with van der Waals surface area (Å²) in [6.07, 6.45) is 10.4. The number of amides is 1. The maximum Gasteiger partial charge on any atom is 0.248 e. The van der Waals surface area contributed by atoms with Crippen LogP contribution < -0.4 is 15.8 Å². The third-order valence-electron chi connectivity index (χ3n) is 8.41. The number of hydrogen-bond acceptors (Lipinski definition) is 8. The van der Waals surface area contributed by atoms with E-state index in [1.165, 1.54) is 0 Å². The van der Waals surface area contributed by atoms with Crippen LogP contribution in [0.1, 0.15) is 60.5 Å². The minimum atomic E-state index is -3.57. The Morgan fingerprint density at radius 1 is 1.05 bits per heavy atom. The number of primary amides is 1. The fraction of sp³-hybridized carbons (Fsp3) is 0.448. The largest absolute Gasteiger partial charge is 0.474 e. The van der Waals surface area contributed by atoms with Crippen molar-refractivity contribution in [3.05, 3.63) is 60.2 Å². The van der Waals surface area contributed by atoms with Crippen LogP contribution in [0.2, 0.25) is 0 Å². The van der Waals surface area contributed by atoms with Crippen molar-refractivity contribution in [1.29, 1.82) is 0 Å². The molecule has 2 aliphatic rings. The second-order valence-corrected chi connectivity index (χ2v) is 13.2. The van der Waals surface area contributed by atoms with Gasteiger partial charge in [0.1, 0.15) is 5.75 Å². The Hall–Kier alpha value is -3.57. The van der Waals surface area contributed by atoms with E-state index >= 15 is 0 Å². The highest BCUT2D eigenvalue weighted by atomic mass is 32.2. The van der Waals surface area contributed by atoms with E-state index in [1.54, 1.807) is 36.7 Å². The quantitative estimate of drug-likeness (QED) is 0.294. The highest BCUT2D eigenvalue weighted by Gasteiger charge is 2.39. The van der Waals surface area contributed by atoms with E-state index in [1.807, 2.05) is 12.3 Å². The van der Waals surface area contributed by atoms with Crippen molar-refractivity contribution in [3.8, 4) is 5.75 Å². The van der Waals surface area contributed by atoms with Gasteiger partial charge in [0.2, 0.25) is 11.3 Å². The van der Waals surface area contributed by atoms with Gasteiger partial charge in [-0.05, 0) is 81.3 Å². The predicted molar refractivity (Wildman–Crippen MR) is 153 cm³/mol. The molecule has 40 heavy (non-hydrogen) atoms. The Morgan fingerprint density at radius 3 is 2.58 bits per heavy atom. The number of rotatable bonds is 8. The number of pyridine rings is 1. The highest BCUT2D eigenvalue weighted by molar-refractivity contribution is 7.91. The monoisotopic (exact) mass is 562 g/mol. The number of hydrogen-bond donors (Lipinski definition) is 3. The van der Waals surface area contributed by atoms with Crippen LogP contribution in [0.15, 0.2) is 48.9 Å². The van der Waals surface area contributed by atoms with Crippen LogP contribution in [0.4, 0.5) is 0 Å². The summed E-state index contributed by atoms with van der Waals surface area (Å²) in [5, 5.41) is 14.0. The van der Waals surface area contributed by atoms with Crippen LogP contribution in [-0.4, -0.2) is 58.8 Å². The van der Waals surface area contributed by atoms with Gasteiger partial charge in [0.25, 0.3) is 0 Å². The molecule has 210 valence electrons. The first-order chi connectivity index (χ1) is 19.4. The molecule has 0 radical (unpaired) electrons. The molecule has 0 spiro atoms. The number of nitrogens with zero attached hydrogens (tertiary/aromatic N) is 3. The van der Waals surface area contributed by atoms with Crippen LogP contribution >= 0.6 is 0 Å². The Balaban J connectivity index is 1.18. The van der Waals surface area contributed by atoms with Crippen molar-refractivity contribution in [3.63, 3.8) is 0 Å². The maximum atomic E-state index is 13.9. The number of piperidine rings is 1.